The first-order chi connectivity index (χ1) is 6.19. The molecule has 1 aliphatic rings. The third-order valence-corrected chi connectivity index (χ3v) is 2.58. The van der Waals surface area contributed by atoms with Crippen LogP contribution in [0.15, 0.2) is 0 Å². The van der Waals surface area contributed by atoms with E-state index in [0.29, 0.717) is 13.1 Å². The minimum atomic E-state index is -0.200. The quantitative estimate of drug-likeness (QED) is 0.515. The Morgan fingerprint density at radius 1 is 1.69 bits per heavy atom. The molecule has 0 saturated carbocycles. The van der Waals surface area contributed by atoms with E-state index >= 15 is 0 Å². The van der Waals surface area contributed by atoms with E-state index in [1.807, 2.05) is 6.92 Å². The lowest BCUT2D eigenvalue weighted by Gasteiger charge is -2.21. The lowest BCUT2D eigenvalue weighted by atomic mass is 9.89. The minimum absolute atomic E-state index is 0.158. The van der Waals surface area contributed by atoms with Gasteiger partial charge in [-0.15, -0.1) is 0 Å². The molecule has 1 fully saturated rings. The first-order valence-corrected chi connectivity index (χ1v) is 4.88. The van der Waals surface area contributed by atoms with Crippen LogP contribution in [0.2, 0.25) is 0 Å². The Hall–Kier alpha value is -0.610. The van der Waals surface area contributed by atoms with Gasteiger partial charge in [0.1, 0.15) is 0 Å². The summed E-state index contributed by atoms with van der Waals surface area (Å²) in [5, 5.41) is 6.11. The van der Waals surface area contributed by atoms with Gasteiger partial charge in [-0.25, -0.2) is 0 Å². The monoisotopic (exact) mass is 185 g/mol. The Balaban J connectivity index is 2.29. The highest BCUT2D eigenvalue weighted by atomic mass is 16.2. The standard InChI is InChI=1S/C9H19N3O/c1-9(3-6-11-7-9)8(13)12-5-2-4-10/h11H,2-7,10H2,1H3,(H,12,13). The Morgan fingerprint density at radius 3 is 3.00 bits per heavy atom. The summed E-state index contributed by atoms with van der Waals surface area (Å²) in [4.78, 5) is 11.6. The van der Waals surface area contributed by atoms with Crippen LogP contribution in [0, 0.1) is 5.41 Å². The molecule has 1 unspecified atom stereocenters. The smallest absolute Gasteiger partial charge is 0.227 e. The number of nitrogens with two attached hydrogens (primary N) is 1. The molecule has 1 saturated heterocycles. The molecule has 1 heterocycles. The van der Waals surface area contributed by atoms with E-state index in [4.69, 9.17) is 5.73 Å². The molecule has 0 aromatic rings. The first kappa shape index (κ1) is 10.5. The normalized spacial score (nSPS) is 27.5. The third kappa shape index (κ3) is 2.67. The Labute approximate surface area is 79.3 Å². The second-order valence-electron chi connectivity index (χ2n) is 3.89. The maximum atomic E-state index is 11.6. The summed E-state index contributed by atoms with van der Waals surface area (Å²) in [6.45, 7) is 5.08. The summed E-state index contributed by atoms with van der Waals surface area (Å²) in [6.07, 6.45) is 1.79. The number of carbonyl (C=O) groups is 1. The van der Waals surface area contributed by atoms with Crippen molar-refractivity contribution in [3.8, 4) is 0 Å². The van der Waals surface area contributed by atoms with E-state index in [-0.39, 0.29) is 11.3 Å². The summed E-state index contributed by atoms with van der Waals surface area (Å²) in [5.41, 5.74) is 5.14. The molecular formula is C9H19N3O. The molecule has 0 aromatic carbocycles. The second-order valence-corrected chi connectivity index (χ2v) is 3.89. The van der Waals surface area contributed by atoms with Crippen LogP contribution in [0.5, 0.6) is 0 Å². The molecule has 0 aromatic heterocycles. The number of hydrogen-bond donors (Lipinski definition) is 3. The molecule has 1 aliphatic heterocycles. The largest absolute Gasteiger partial charge is 0.356 e. The van der Waals surface area contributed by atoms with Gasteiger partial charge in [0.15, 0.2) is 0 Å². The van der Waals surface area contributed by atoms with E-state index in [9.17, 15) is 4.79 Å². The zero-order valence-corrected chi connectivity index (χ0v) is 8.23. The maximum absolute atomic E-state index is 11.6. The van der Waals surface area contributed by atoms with E-state index in [2.05, 4.69) is 10.6 Å². The van der Waals surface area contributed by atoms with Gasteiger partial charge in [-0.1, -0.05) is 0 Å². The SMILES string of the molecule is CC1(C(=O)NCCCN)CCNC1. The highest BCUT2D eigenvalue weighted by Gasteiger charge is 2.35. The Kier molecular flexibility index (Phi) is 3.69. The van der Waals surface area contributed by atoms with Crippen LogP contribution in [-0.2, 0) is 4.79 Å². The summed E-state index contributed by atoms with van der Waals surface area (Å²) in [7, 11) is 0. The molecule has 4 N–H and O–H groups in total. The molecule has 76 valence electrons. The molecule has 1 amide bonds. The summed E-state index contributed by atoms with van der Waals surface area (Å²) in [5.74, 6) is 0.158. The van der Waals surface area contributed by atoms with Crippen LogP contribution in [-0.4, -0.2) is 32.1 Å². The van der Waals surface area contributed by atoms with Crippen molar-refractivity contribution in [3.05, 3.63) is 0 Å². The lowest BCUT2D eigenvalue weighted by Crippen LogP contribution is -2.41. The fraction of sp³-hybridized carbons (Fsp3) is 0.889. The summed E-state index contributed by atoms with van der Waals surface area (Å²) < 4.78 is 0. The predicted octanol–water partition coefficient (Wildman–Crippen LogP) is -0.549. The van der Waals surface area contributed by atoms with Crippen molar-refractivity contribution in [2.45, 2.75) is 19.8 Å². The molecule has 0 aliphatic carbocycles. The van der Waals surface area contributed by atoms with Crippen molar-refractivity contribution in [3.63, 3.8) is 0 Å². The van der Waals surface area contributed by atoms with E-state index in [1.165, 1.54) is 0 Å². The van der Waals surface area contributed by atoms with Crippen molar-refractivity contribution in [1.29, 1.82) is 0 Å². The Bertz CT molecular complexity index is 176. The van der Waals surface area contributed by atoms with Gasteiger partial charge in [0.25, 0.3) is 0 Å². The van der Waals surface area contributed by atoms with Gasteiger partial charge in [0, 0.05) is 13.1 Å². The maximum Gasteiger partial charge on any atom is 0.227 e. The molecule has 13 heavy (non-hydrogen) atoms. The minimum Gasteiger partial charge on any atom is -0.356 e. The van der Waals surface area contributed by atoms with Crippen molar-refractivity contribution < 1.29 is 4.79 Å². The molecule has 4 heteroatoms. The van der Waals surface area contributed by atoms with E-state index in [0.717, 1.165) is 25.9 Å². The van der Waals surface area contributed by atoms with Crippen molar-refractivity contribution >= 4 is 5.91 Å². The fourth-order valence-corrected chi connectivity index (χ4v) is 1.53. The van der Waals surface area contributed by atoms with Gasteiger partial charge < -0.3 is 16.4 Å². The number of amides is 1. The van der Waals surface area contributed by atoms with Gasteiger partial charge in [0.2, 0.25) is 5.91 Å². The molecule has 0 bridgehead atoms. The van der Waals surface area contributed by atoms with E-state index in [1.54, 1.807) is 0 Å². The lowest BCUT2D eigenvalue weighted by molar-refractivity contribution is -0.129. The highest BCUT2D eigenvalue weighted by Crippen LogP contribution is 2.24. The van der Waals surface area contributed by atoms with E-state index < -0.39 is 0 Å². The van der Waals surface area contributed by atoms with Crippen LogP contribution in [0.3, 0.4) is 0 Å². The number of carbonyl (C=O) groups excluding carboxylic acids is 1. The molecule has 1 atom stereocenters. The third-order valence-electron chi connectivity index (χ3n) is 2.58. The molecule has 4 nitrogen and oxygen atoms in total. The molecule has 1 rings (SSSR count). The average Bonchev–Trinajstić information content (AvgIpc) is 2.54. The van der Waals surface area contributed by atoms with Gasteiger partial charge >= 0.3 is 0 Å². The number of hydrogen-bond acceptors (Lipinski definition) is 3. The topological polar surface area (TPSA) is 67.2 Å². The van der Waals surface area contributed by atoms with Crippen molar-refractivity contribution in [1.82, 2.24) is 10.6 Å². The Morgan fingerprint density at radius 2 is 2.46 bits per heavy atom. The van der Waals surface area contributed by atoms with Crippen LogP contribution in [0.25, 0.3) is 0 Å². The second kappa shape index (κ2) is 4.58. The number of rotatable bonds is 4. The summed E-state index contributed by atoms with van der Waals surface area (Å²) in [6, 6.07) is 0. The van der Waals surface area contributed by atoms with Crippen LogP contribution in [0.4, 0.5) is 0 Å². The molecule has 0 radical (unpaired) electrons. The van der Waals surface area contributed by atoms with Gasteiger partial charge in [-0.05, 0) is 32.9 Å². The summed E-state index contributed by atoms with van der Waals surface area (Å²) >= 11 is 0. The van der Waals surface area contributed by atoms with Gasteiger partial charge in [0.05, 0.1) is 5.41 Å². The predicted molar refractivity (Wildman–Crippen MR) is 52.3 cm³/mol. The van der Waals surface area contributed by atoms with Crippen LogP contribution < -0.4 is 16.4 Å². The van der Waals surface area contributed by atoms with Crippen molar-refractivity contribution in [2.75, 3.05) is 26.2 Å². The van der Waals surface area contributed by atoms with Crippen molar-refractivity contribution in [2.24, 2.45) is 11.1 Å². The van der Waals surface area contributed by atoms with Crippen LogP contribution >= 0.6 is 0 Å². The molecular weight excluding hydrogens is 166 g/mol. The average molecular weight is 185 g/mol. The zero-order valence-electron chi connectivity index (χ0n) is 8.23. The van der Waals surface area contributed by atoms with Gasteiger partial charge in [-0.2, -0.15) is 0 Å². The number of nitrogens with one attached hydrogen (secondary N) is 2. The zero-order chi connectivity index (χ0) is 9.73. The van der Waals surface area contributed by atoms with Gasteiger partial charge in [-0.3, -0.25) is 4.79 Å². The van der Waals surface area contributed by atoms with Crippen LogP contribution in [0.1, 0.15) is 19.8 Å². The first-order valence-electron chi connectivity index (χ1n) is 4.88. The highest BCUT2D eigenvalue weighted by molar-refractivity contribution is 5.82. The fourth-order valence-electron chi connectivity index (χ4n) is 1.53. The molecule has 0 spiro atoms.